The number of hydrogen-bond donors (Lipinski definition) is 0. The zero-order valence-electron chi connectivity index (χ0n) is 13.4. The van der Waals surface area contributed by atoms with Crippen molar-refractivity contribution in [2.75, 3.05) is 14.2 Å². The number of oxime groups is 1. The minimum atomic E-state index is -0.609. The maximum atomic E-state index is 12.7. The summed E-state index contributed by atoms with van der Waals surface area (Å²) in [5.41, 5.74) is 2.60. The van der Waals surface area contributed by atoms with E-state index in [1.54, 1.807) is 26.4 Å². The van der Waals surface area contributed by atoms with E-state index in [1.165, 1.54) is 6.21 Å². The van der Waals surface area contributed by atoms with Crippen LogP contribution in [0.1, 0.15) is 22.5 Å². The topological polar surface area (TPSA) is 52.9 Å². The molecule has 23 heavy (non-hydrogen) atoms. The van der Waals surface area contributed by atoms with Gasteiger partial charge in [-0.15, -0.1) is 0 Å². The Kier molecular flexibility index (Phi) is 5.91. The van der Waals surface area contributed by atoms with E-state index in [0.717, 1.165) is 11.1 Å². The van der Waals surface area contributed by atoms with E-state index in [1.807, 2.05) is 25.1 Å². The molecule has 0 aliphatic carbocycles. The quantitative estimate of drug-likeness (QED) is 0.580. The van der Waals surface area contributed by atoms with Crippen LogP contribution in [0.4, 0.5) is 4.39 Å². The van der Waals surface area contributed by atoms with Gasteiger partial charge < -0.3 is 14.3 Å². The summed E-state index contributed by atoms with van der Waals surface area (Å²) < 4.78 is 23.3. The second kappa shape index (κ2) is 8.12. The number of benzene rings is 1. The average molecular weight is 318 g/mol. The van der Waals surface area contributed by atoms with Crippen molar-refractivity contribution in [1.82, 2.24) is 4.98 Å². The molecule has 0 spiro atoms. The van der Waals surface area contributed by atoms with Crippen LogP contribution in [0.15, 0.2) is 35.5 Å². The van der Waals surface area contributed by atoms with Gasteiger partial charge in [-0.25, -0.2) is 9.37 Å². The summed E-state index contributed by atoms with van der Waals surface area (Å²) in [4.78, 5) is 9.41. The summed E-state index contributed by atoms with van der Waals surface area (Å²) in [6.45, 7) is 1.45. The summed E-state index contributed by atoms with van der Waals surface area (Å²) in [5.74, 6) is 1.32. The normalized spacial score (nSPS) is 10.8. The number of aromatic nitrogens is 1. The lowest BCUT2D eigenvalue weighted by Crippen LogP contribution is -1.98. The second-order valence-corrected chi connectivity index (χ2v) is 4.84. The first kappa shape index (κ1) is 16.7. The van der Waals surface area contributed by atoms with Crippen LogP contribution in [-0.2, 0) is 18.1 Å². The van der Waals surface area contributed by atoms with E-state index in [0.29, 0.717) is 22.9 Å². The molecule has 0 aliphatic rings. The van der Waals surface area contributed by atoms with Crippen LogP contribution < -0.4 is 9.47 Å². The van der Waals surface area contributed by atoms with Crippen molar-refractivity contribution in [3.63, 3.8) is 0 Å². The van der Waals surface area contributed by atoms with Crippen LogP contribution in [0.5, 0.6) is 11.5 Å². The Morgan fingerprint density at radius 2 is 1.87 bits per heavy atom. The highest BCUT2D eigenvalue weighted by Gasteiger charge is 2.10. The molecule has 0 saturated heterocycles. The number of halogens is 1. The van der Waals surface area contributed by atoms with Gasteiger partial charge in [0.05, 0.1) is 37.4 Å². The molecule has 0 aliphatic heterocycles. The Morgan fingerprint density at radius 3 is 2.48 bits per heavy atom. The predicted octanol–water partition coefficient (Wildman–Crippen LogP) is 3.43. The van der Waals surface area contributed by atoms with Crippen molar-refractivity contribution in [1.29, 1.82) is 0 Å². The zero-order chi connectivity index (χ0) is 16.7. The van der Waals surface area contributed by atoms with E-state index >= 15 is 0 Å². The molecule has 5 nitrogen and oxygen atoms in total. The fraction of sp³-hybridized carbons (Fsp3) is 0.294. The zero-order valence-corrected chi connectivity index (χ0v) is 13.4. The number of rotatable bonds is 7. The van der Waals surface area contributed by atoms with E-state index in [9.17, 15) is 4.39 Å². The SMILES string of the molecule is COc1cccc(OC)c1CON=Cc1cc(C)cc(CF)n1. The van der Waals surface area contributed by atoms with Crippen molar-refractivity contribution >= 4 is 6.21 Å². The number of alkyl halides is 1. The molecular weight excluding hydrogens is 299 g/mol. The third kappa shape index (κ3) is 4.42. The van der Waals surface area contributed by atoms with E-state index in [-0.39, 0.29) is 6.61 Å². The Hall–Kier alpha value is -2.63. The highest BCUT2D eigenvalue weighted by molar-refractivity contribution is 5.76. The van der Waals surface area contributed by atoms with Gasteiger partial charge in [-0.1, -0.05) is 11.2 Å². The molecule has 2 aromatic rings. The van der Waals surface area contributed by atoms with Crippen LogP contribution in [-0.4, -0.2) is 25.4 Å². The van der Waals surface area contributed by atoms with Gasteiger partial charge in [0, 0.05) is 0 Å². The molecule has 2 rings (SSSR count). The molecule has 0 unspecified atom stereocenters. The van der Waals surface area contributed by atoms with Gasteiger partial charge in [0.1, 0.15) is 24.8 Å². The molecule has 0 N–H and O–H groups in total. The molecule has 1 aromatic heterocycles. The number of pyridine rings is 1. The summed E-state index contributed by atoms with van der Waals surface area (Å²) >= 11 is 0. The third-order valence-corrected chi connectivity index (χ3v) is 3.18. The van der Waals surface area contributed by atoms with Gasteiger partial charge in [0.25, 0.3) is 0 Å². The molecule has 1 heterocycles. The monoisotopic (exact) mass is 318 g/mol. The van der Waals surface area contributed by atoms with Crippen molar-refractivity contribution in [2.24, 2.45) is 5.16 Å². The van der Waals surface area contributed by atoms with Gasteiger partial charge in [0.2, 0.25) is 0 Å². The second-order valence-electron chi connectivity index (χ2n) is 4.84. The molecular formula is C17H19FN2O3. The van der Waals surface area contributed by atoms with E-state index in [4.69, 9.17) is 14.3 Å². The maximum Gasteiger partial charge on any atom is 0.149 e. The molecule has 0 fully saturated rings. The van der Waals surface area contributed by atoms with Gasteiger partial charge in [0.15, 0.2) is 0 Å². The van der Waals surface area contributed by atoms with Crippen molar-refractivity contribution in [2.45, 2.75) is 20.2 Å². The van der Waals surface area contributed by atoms with Crippen LogP contribution in [0.2, 0.25) is 0 Å². The van der Waals surface area contributed by atoms with Crippen molar-refractivity contribution in [3.05, 3.63) is 52.8 Å². The highest BCUT2D eigenvalue weighted by Crippen LogP contribution is 2.28. The number of hydrogen-bond acceptors (Lipinski definition) is 5. The Labute approximate surface area is 134 Å². The van der Waals surface area contributed by atoms with Gasteiger partial charge >= 0.3 is 0 Å². The number of methoxy groups -OCH3 is 2. The molecule has 0 radical (unpaired) electrons. The number of ether oxygens (including phenoxy) is 2. The van der Waals surface area contributed by atoms with E-state index < -0.39 is 6.67 Å². The molecule has 0 amide bonds. The summed E-state index contributed by atoms with van der Waals surface area (Å²) in [7, 11) is 3.16. The maximum absolute atomic E-state index is 12.7. The average Bonchev–Trinajstić information content (AvgIpc) is 2.57. The Morgan fingerprint density at radius 1 is 1.17 bits per heavy atom. The fourth-order valence-electron chi connectivity index (χ4n) is 2.17. The fourth-order valence-corrected chi connectivity index (χ4v) is 2.17. The van der Waals surface area contributed by atoms with Crippen molar-refractivity contribution < 1.29 is 18.7 Å². The largest absolute Gasteiger partial charge is 0.496 e. The standard InChI is InChI=1S/C17H19FN2O3/c1-12-7-13(9-18)20-14(8-12)10-19-23-11-15-16(21-2)5-4-6-17(15)22-3/h4-8,10H,9,11H2,1-3H3. The molecule has 0 bridgehead atoms. The first-order valence-electron chi connectivity index (χ1n) is 7.06. The van der Waals surface area contributed by atoms with Crippen LogP contribution in [0.3, 0.4) is 0 Å². The first-order chi connectivity index (χ1) is 11.2. The summed E-state index contributed by atoms with van der Waals surface area (Å²) in [6, 6.07) is 8.97. The summed E-state index contributed by atoms with van der Waals surface area (Å²) in [5, 5.41) is 3.88. The van der Waals surface area contributed by atoms with Crippen LogP contribution in [0.25, 0.3) is 0 Å². The summed E-state index contributed by atoms with van der Waals surface area (Å²) in [6.07, 6.45) is 1.45. The predicted molar refractivity (Wildman–Crippen MR) is 85.7 cm³/mol. The number of nitrogens with zero attached hydrogens (tertiary/aromatic N) is 2. The number of aryl methyl sites for hydroxylation is 1. The lowest BCUT2D eigenvalue weighted by atomic mass is 10.2. The first-order valence-corrected chi connectivity index (χ1v) is 7.06. The van der Waals surface area contributed by atoms with Crippen LogP contribution >= 0.6 is 0 Å². The van der Waals surface area contributed by atoms with E-state index in [2.05, 4.69) is 10.1 Å². The molecule has 1 aromatic carbocycles. The molecule has 0 atom stereocenters. The van der Waals surface area contributed by atoms with Crippen LogP contribution in [0, 0.1) is 6.92 Å². The van der Waals surface area contributed by atoms with Gasteiger partial charge in [-0.3, -0.25) is 0 Å². The van der Waals surface area contributed by atoms with Gasteiger partial charge in [-0.05, 0) is 36.8 Å². The van der Waals surface area contributed by atoms with Gasteiger partial charge in [-0.2, -0.15) is 0 Å². The molecule has 6 heteroatoms. The highest BCUT2D eigenvalue weighted by atomic mass is 19.1. The Bertz CT molecular complexity index is 667. The lowest BCUT2D eigenvalue weighted by Gasteiger charge is -2.11. The smallest absolute Gasteiger partial charge is 0.149 e. The third-order valence-electron chi connectivity index (χ3n) is 3.18. The Balaban J connectivity index is 2.06. The molecule has 0 saturated carbocycles. The minimum Gasteiger partial charge on any atom is -0.496 e. The molecule has 122 valence electrons. The lowest BCUT2D eigenvalue weighted by molar-refractivity contribution is 0.127. The van der Waals surface area contributed by atoms with Crippen molar-refractivity contribution in [3.8, 4) is 11.5 Å². The minimum absolute atomic E-state index is 0.186.